The zero-order valence-electron chi connectivity index (χ0n) is 9.62. The van der Waals surface area contributed by atoms with E-state index < -0.39 is 5.60 Å². The zero-order valence-corrected chi connectivity index (χ0v) is 10.4. The van der Waals surface area contributed by atoms with Crippen LogP contribution in [0.2, 0.25) is 0 Å². The third-order valence-electron chi connectivity index (χ3n) is 3.72. The molecule has 0 amide bonds. The minimum Gasteiger partial charge on any atom is -0.385 e. The smallest absolute Gasteiger partial charge is 0.0904 e. The Morgan fingerprint density at radius 1 is 1.20 bits per heavy atom. The average molecular weight is 224 g/mol. The number of hydrogen-bond donors (Lipinski definition) is 1. The third kappa shape index (κ3) is 2.43. The van der Waals surface area contributed by atoms with Gasteiger partial charge in [-0.2, -0.15) is 11.3 Å². The summed E-state index contributed by atoms with van der Waals surface area (Å²) in [5.74, 6) is 0. The lowest BCUT2D eigenvalue weighted by molar-refractivity contribution is 0.0184. The zero-order chi connectivity index (χ0) is 10.9. The molecular formula is C13H20OS. The van der Waals surface area contributed by atoms with Gasteiger partial charge < -0.3 is 5.11 Å². The van der Waals surface area contributed by atoms with E-state index in [1.165, 1.54) is 6.42 Å². The first-order valence-corrected chi connectivity index (χ1v) is 6.71. The van der Waals surface area contributed by atoms with Gasteiger partial charge in [0.2, 0.25) is 0 Å². The van der Waals surface area contributed by atoms with E-state index in [2.05, 4.69) is 30.7 Å². The van der Waals surface area contributed by atoms with E-state index in [0.29, 0.717) is 5.41 Å². The Bertz CT molecular complexity index is 315. The molecule has 1 aliphatic rings. The van der Waals surface area contributed by atoms with E-state index in [9.17, 15) is 5.11 Å². The maximum Gasteiger partial charge on any atom is 0.0904 e. The van der Waals surface area contributed by atoms with Crippen LogP contribution in [0.5, 0.6) is 0 Å². The van der Waals surface area contributed by atoms with Crippen molar-refractivity contribution in [2.24, 2.45) is 5.41 Å². The molecule has 0 aliphatic heterocycles. The molecular weight excluding hydrogens is 204 g/mol. The molecule has 84 valence electrons. The van der Waals surface area contributed by atoms with Gasteiger partial charge in [0.15, 0.2) is 0 Å². The highest BCUT2D eigenvalue weighted by molar-refractivity contribution is 7.08. The van der Waals surface area contributed by atoms with Crippen molar-refractivity contribution < 1.29 is 5.11 Å². The highest BCUT2D eigenvalue weighted by Gasteiger charge is 2.35. The van der Waals surface area contributed by atoms with E-state index in [1.807, 2.05) is 0 Å². The van der Waals surface area contributed by atoms with Gasteiger partial charge in [-0.15, -0.1) is 0 Å². The van der Waals surface area contributed by atoms with Crippen molar-refractivity contribution in [2.45, 2.75) is 51.6 Å². The maximum absolute atomic E-state index is 10.7. The average Bonchev–Trinajstić information content (AvgIpc) is 2.64. The predicted octanol–water partition coefficient (Wildman–Crippen LogP) is 3.93. The molecule has 0 radical (unpaired) electrons. The number of rotatable bonds is 1. The van der Waals surface area contributed by atoms with Gasteiger partial charge in [0.05, 0.1) is 5.60 Å². The van der Waals surface area contributed by atoms with Crippen LogP contribution in [-0.4, -0.2) is 5.11 Å². The Labute approximate surface area is 96.1 Å². The summed E-state index contributed by atoms with van der Waals surface area (Å²) in [4.78, 5) is 0. The first-order valence-electron chi connectivity index (χ1n) is 5.77. The summed E-state index contributed by atoms with van der Waals surface area (Å²) < 4.78 is 0. The normalized spacial score (nSPS) is 31.1. The Hall–Kier alpha value is -0.340. The summed E-state index contributed by atoms with van der Waals surface area (Å²) in [6, 6.07) is 2.07. The number of thiophene rings is 1. The van der Waals surface area contributed by atoms with E-state index in [1.54, 1.807) is 11.3 Å². The van der Waals surface area contributed by atoms with Gasteiger partial charge in [-0.3, -0.25) is 0 Å². The van der Waals surface area contributed by atoms with Gasteiger partial charge in [0.1, 0.15) is 0 Å². The largest absolute Gasteiger partial charge is 0.385 e. The fourth-order valence-electron chi connectivity index (χ4n) is 2.47. The van der Waals surface area contributed by atoms with Crippen molar-refractivity contribution in [3.05, 3.63) is 22.4 Å². The van der Waals surface area contributed by atoms with E-state index in [0.717, 1.165) is 31.2 Å². The van der Waals surface area contributed by atoms with E-state index in [-0.39, 0.29) is 0 Å². The van der Waals surface area contributed by atoms with Crippen LogP contribution in [0.1, 0.15) is 51.5 Å². The number of aliphatic hydroxyl groups is 1. The molecule has 1 aromatic rings. The summed E-state index contributed by atoms with van der Waals surface area (Å²) in [6.07, 6.45) is 5.34. The molecule has 1 atom stereocenters. The molecule has 1 unspecified atom stereocenters. The van der Waals surface area contributed by atoms with E-state index >= 15 is 0 Å². The molecule has 1 aromatic heterocycles. The SMILES string of the molecule is CC1(C)CCCC(O)(c2ccsc2)CC1. The van der Waals surface area contributed by atoms with Gasteiger partial charge in [-0.1, -0.05) is 13.8 Å². The van der Waals surface area contributed by atoms with Crippen molar-refractivity contribution in [1.82, 2.24) is 0 Å². The van der Waals surface area contributed by atoms with Crippen LogP contribution in [0.15, 0.2) is 16.8 Å². The monoisotopic (exact) mass is 224 g/mol. The molecule has 1 saturated carbocycles. The van der Waals surface area contributed by atoms with Crippen LogP contribution in [-0.2, 0) is 5.60 Å². The summed E-state index contributed by atoms with van der Waals surface area (Å²) in [5.41, 5.74) is 0.985. The van der Waals surface area contributed by atoms with Crippen LogP contribution < -0.4 is 0 Å². The molecule has 0 spiro atoms. The third-order valence-corrected chi connectivity index (χ3v) is 4.40. The fraction of sp³-hybridized carbons (Fsp3) is 0.692. The van der Waals surface area contributed by atoms with Crippen molar-refractivity contribution in [3.63, 3.8) is 0 Å². The lowest BCUT2D eigenvalue weighted by Crippen LogP contribution is -2.24. The van der Waals surface area contributed by atoms with Crippen LogP contribution in [0, 0.1) is 5.41 Å². The highest BCUT2D eigenvalue weighted by Crippen LogP contribution is 2.43. The summed E-state index contributed by atoms with van der Waals surface area (Å²) in [7, 11) is 0. The minimum absolute atomic E-state index is 0.403. The van der Waals surface area contributed by atoms with Crippen LogP contribution in [0.25, 0.3) is 0 Å². The van der Waals surface area contributed by atoms with Crippen molar-refractivity contribution in [1.29, 1.82) is 0 Å². The van der Waals surface area contributed by atoms with Crippen molar-refractivity contribution >= 4 is 11.3 Å². The molecule has 1 aliphatic carbocycles. The number of hydrogen-bond acceptors (Lipinski definition) is 2. The Morgan fingerprint density at radius 2 is 2.00 bits per heavy atom. The molecule has 1 fully saturated rings. The van der Waals surface area contributed by atoms with E-state index in [4.69, 9.17) is 0 Å². The standard InChI is InChI=1S/C13H20OS/c1-12(2)5-3-6-13(14,8-7-12)11-4-9-15-10-11/h4,9-10,14H,3,5-8H2,1-2H3. The molecule has 1 nitrogen and oxygen atoms in total. The molecule has 0 bridgehead atoms. The molecule has 1 N–H and O–H groups in total. The van der Waals surface area contributed by atoms with Gasteiger partial charge in [0, 0.05) is 0 Å². The topological polar surface area (TPSA) is 20.2 Å². The first-order chi connectivity index (χ1) is 7.02. The van der Waals surface area contributed by atoms with Gasteiger partial charge in [0.25, 0.3) is 0 Å². The molecule has 15 heavy (non-hydrogen) atoms. The van der Waals surface area contributed by atoms with Crippen molar-refractivity contribution in [2.75, 3.05) is 0 Å². The van der Waals surface area contributed by atoms with Crippen molar-refractivity contribution in [3.8, 4) is 0 Å². The second kappa shape index (κ2) is 3.91. The van der Waals surface area contributed by atoms with Crippen LogP contribution in [0.4, 0.5) is 0 Å². The lowest BCUT2D eigenvalue weighted by Gasteiger charge is -2.27. The van der Waals surface area contributed by atoms with Crippen LogP contribution >= 0.6 is 11.3 Å². The Balaban J connectivity index is 2.17. The first kappa shape index (κ1) is 11.2. The molecule has 0 saturated heterocycles. The lowest BCUT2D eigenvalue weighted by atomic mass is 9.83. The Kier molecular flexibility index (Phi) is 2.91. The molecule has 0 aromatic carbocycles. The van der Waals surface area contributed by atoms with Gasteiger partial charge >= 0.3 is 0 Å². The quantitative estimate of drug-likeness (QED) is 0.717. The Morgan fingerprint density at radius 3 is 2.67 bits per heavy atom. The molecule has 1 heterocycles. The molecule has 2 rings (SSSR count). The highest BCUT2D eigenvalue weighted by atomic mass is 32.1. The minimum atomic E-state index is -0.548. The maximum atomic E-state index is 10.7. The van der Waals surface area contributed by atoms with Crippen LogP contribution in [0.3, 0.4) is 0 Å². The van der Waals surface area contributed by atoms with Gasteiger partial charge in [-0.25, -0.2) is 0 Å². The second-order valence-electron chi connectivity index (χ2n) is 5.56. The summed E-state index contributed by atoms with van der Waals surface area (Å²) >= 11 is 1.68. The predicted molar refractivity (Wildman–Crippen MR) is 65.1 cm³/mol. The summed E-state index contributed by atoms with van der Waals surface area (Å²) in [6.45, 7) is 4.62. The second-order valence-corrected chi connectivity index (χ2v) is 6.34. The fourth-order valence-corrected chi connectivity index (χ4v) is 3.22. The molecule has 2 heteroatoms. The summed E-state index contributed by atoms with van der Waals surface area (Å²) in [5, 5.41) is 14.8. The van der Waals surface area contributed by atoms with Gasteiger partial charge in [-0.05, 0) is 59.9 Å².